The molecule has 29 heavy (non-hydrogen) atoms. The second-order valence-electron chi connectivity index (χ2n) is 7.91. The van der Waals surface area contributed by atoms with Crippen molar-refractivity contribution in [2.75, 3.05) is 0 Å². The van der Waals surface area contributed by atoms with E-state index < -0.39 is 0 Å². The average molecular weight is 383 g/mol. The molecule has 0 radical (unpaired) electrons. The first-order valence-electron chi connectivity index (χ1n) is 10.1. The molecular formula is C27H26O2. The van der Waals surface area contributed by atoms with E-state index in [2.05, 4.69) is 56.3 Å². The van der Waals surface area contributed by atoms with Gasteiger partial charge in [0.15, 0.2) is 0 Å². The first-order valence-corrected chi connectivity index (χ1v) is 10.1. The number of aromatic hydroxyl groups is 1. The van der Waals surface area contributed by atoms with E-state index in [0.717, 1.165) is 23.5 Å². The summed E-state index contributed by atoms with van der Waals surface area (Å²) in [5, 5.41) is 12.9. The Kier molecular flexibility index (Phi) is 5.53. The number of ether oxygens (including phenoxy) is 1. The largest absolute Gasteiger partial charge is 0.508 e. The van der Waals surface area contributed by atoms with Gasteiger partial charge in [0.25, 0.3) is 0 Å². The predicted molar refractivity (Wildman–Crippen MR) is 120 cm³/mol. The molecule has 0 unspecified atom stereocenters. The van der Waals surface area contributed by atoms with Crippen molar-refractivity contribution >= 4 is 10.8 Å². The molecule has 0 saturated carbocycles. The Labute approximate surface area is 172 Å². The molecule has 0 bridgehead atoms. The minimum atomic E-state index is 0.292. The predicted octanol–water partition coefficient (Wildman–Crippen LogP) is 7.13. The van der Waals surface area contributed by atoms with Crippen molar-refractivity contribution in [1.29, 1.82) is 0 Å². The van der Waals surface area contributed by atoms with Crippen LogP contribution in [0.15, 0.2) is 84.9 Å². The molecule has 0 amide bonds. The fourth-order valence-electron chi connectivity index (χ4n) is 3.76. The second-order valence-corrected chi connectivity index (χ2v) is 7.91. The Morgan fingerprint density at radius 2 is 1.48 bits per heavy atom. The van der Waals surface area contributed by atoms with Crippen molar-refractivity contribution in [3.05, 3.63) is 102 Å². The Morgan fingerprint density at radius 3 is 2.34 bits per heavy atom. The zero-order chi connectivity index (χ0) is 20.2. The zero-order valence-corrected chi connectivity index (χ0v) is 16.9. The van der Waals surface area contributed by atoms with Crippen molar-refractivity contribution in [2.24, 2.45) is 5.92 Å². The number of rotatable bonds is 6. The van der Waals surface area contributed by atoms with Gasteiger partial charge < -0.3 is 9.84 Å². The molecule has 4 aromatic rings. The van der Waals surface area contributed by atoms with Gasteiger partial charge >= 0.3 is 0 Å². The van der Waals surface area contributed by atoms with Crippen molar-refractivity contribution < 1.29 is 9.84 Å². The lowest BCUT2D eigenvalue weighted by Crippen LogP contribution is -1.98. The van der Waals surface area contributed by atoms with Gasteiger partial charge in [0.05, 0.1) is 0 Å². The highest BCUT2D eigenvalue weighted by molar-refractivity contribution is 5.86. The van der Waals surface area contributed by atoms with Crippen molar-refractivity contribution in [3.63, 3.8) is 0 Å². The van der Waals surface area contributed by atoms with Crippen LogP contribution in [0.25, 0.3) is 10.8 Å². The summed E-state index contributed by atoms with van der Waals surface area (Å²) in [5.41, 5.74) is 3.25. The lowest BCUT2D eigenvalue weighted by molar-refractivity contribution is 0.455. The lowest BCUT2D eigenvalue weighted by atomic mass is 9.98. The Morgan fingerprint density at radius 1 is 0.759 bits per heavy atom. The van der Waals surface area contributed by atoms with Crippen molar-refractivity contribution in [3.8, 4) is 17.2 Å². The standard InChI is InChI=1S/C27H26O2/c1-19(2)16-22-9-4-6-13-27(22)29-24-14-15-26(28)23(18-24)17-21-11-7-10-20-8-3-5-12-25(20)21/h3-15,18-19,28H,16-17H2,1-2H3. The highest BCUT2D eigenvalue weighted by atomic mass is 16.5. The third-order valence-electron chi connectivity index (χ3n) is 5.14. The molecule has 1 N–H and O–H groups in total. The van der Waals surface area contributed by atoms with Crippen LogP contribution in [-0.2, 0) is 12.8 Å². The maximum Gasteiger partial charge on any atom is 0.130 e. The summed E-state index contributed by atoms with van der Waals surface area (Å²) in [6, 6.07) is 28.3. The van der Waals surface area contributed by atoms with Crippen molar-refractivity contribution in [2.45, 2.75) is 26.7 Å². The van der Waals surface area contributed by atoms with Gasteiger partial charge in [-0.05, 0) is 58.5 Å². The van der Waals surface area contributed by atoms with E-state index in [1.807, 2.05) is 36.4 Å². The van der Waals surface area contributed by atoms with Gasteiger partial charge in [-0.25, -0.2) is 0 Å². The van der Waals surface area contributed by atoms with E-state index in [-0.39, 0.29) is 0 Å². The summed E-state index contributed by atoms with van der Waals surface area (Å²) in [7, 11) is 0. The number of fused-ring (bicyclic) bond motifs is 1. The number of phenolic OH excluding ortho intramolecular Hbond substituents is 1. The summed E-state index contributed by atoms with van der Waals surface area (Å²) in [5.74, 6) is 2.47. The summed E-state index contributed by atoms with van der Waals surface area (Å²) < 4.78 is 6.22. The van der Waals surface area contributed by atoms with E-state index in [9.17, 15) is 5.11 Å². The molecule has 4 aromatic carbocycles. The van der Waals surface area contributed by atoms with Gasteiger partial charge in [-0.15, -0.1) is 0 Å². The lowest BCUT2D eigenvalue weighted by Gasteiger charge is -2.14. The maximum absolute atomic E-state index is 10.5. The van der Waals surface area contributed by atoms with E-state index >= 15 is 0 Å². The van der Waals surface area contributed by atoms with E-state index in [1.165, 1.54) is 21.9 Å². The zero-order valence-electron chi connectivity index (χ0n) is 16.9. The molecule has 0 aliphatic rings. The van der Waals surface area contributed by atoms with Gasteiger partial charge in [-0.2, -0.15) is 0 Å². The number of benzene rings is 4. The molecule has 2 heteroatoms. The highest BCUT2D eigenvalue weighted by Gasteiger charge is 2.10. The first kappa shape index (κ1) is 19.1. The van der Waals surface area contributed by atoms with E-state index in [4.69, 9.17) is 4.74 Å². The van der Waals surface area contributed by atoms with Crippen LogP contribution in [0.1, 0.15) is 30.5 Å². The van der Waals surface area contributed by atoms with Crippen LogP contribution in [0.4, 0.5) is 0 Å². The van der Waals surface area contributed by atoms with Gasteiger partial charge in [0.2, 0.25) is 0 Å². The van der Waals surface area contributed by atoms with E-state index in [0.29, 0.717) is 18.1 Å². The van der Waals surface area contributed by atoms with Crippen LogP contribution in [0.5, 0.6) is 17.2 Å². The monoisotopic (exact) mass is 382 g/mol. The minimum Gasteiger partial charge on any atom is -0.508 e. The summed E-state index contributed by atoms with van der Waals surface area (Å²) >= 11 is 0. The smallest absolute Gasteiger partial charge is 0.130 e. The molecule has 0 saturated heterocycles. The van der Waals surface area contributed by atoms with Crippen LogP contribution in [-0.4, -0.2) is 5.11 Å². The number of hydrogen-bond donors (Lipinski definition) is 1. The van der Waals surface area contributed by atoms with Gasteiger partial charge in [0, 0.05) is 12.0 Å². The fourth-order valence-corrected chi connectivity index (χ4v) is 3.76. The quantitative estimate of drug-likeness (QED) is 0.384. The molecule has 146 valence electrons. The van der Waals surface area contributed by atoms with Crippen LogP contribution >= 0.6 is 0 Å². The summed E-state index contributed by atoms with van der Waals surface area (Å²) in [6.45, 7) is 4.42. The molecule has 0 spiro atoms. The number of para-hydroxylation sites is 1. The SMILES string of the molecule is CC(C)Cc1ccccc1Oc1ccc(O)c(Cc2cccc3ccccc23)c1. The minimum absolute atomic E-state index is 0.292. The Balaban J connectivity index is 1.64. The topological polar surface area (TPSA) is 29.5 Å². The molecule has 0 heterocycles. The van der Waals surface area contributed by atoms with Crippen LogP contribution in [0.3, 0.4) is 0 Å². The third-order valence-corrected chi connectivity index (χ3v) is 5.14. The van der Waals surface area contributed by atoms with E-state index in [1.54, 1.807) is 6.07 Å². The molecule has 0 fully saturated rings. The molecule has 0 aliphatic carbocycles. The summed E-state index contributed by atoms with van der Waals surface area (Å²) in [6.07, 6.45) is 1.62. The average Bonchev–Trinajstić information content (AvgIpc) is 2.72. The van der Waals surface area contributed by atoms with Gasteiger partial charge in [-0.1, -0.05) is 74.5 Å². The van der Waals surface area contributed by atoms with Crippen LogP contribution < -0.4 is 4.74 Å². The van der Waals surface area contributed by atoms with Gasteiger partial charge in [0.1, 0.15) is 17.2 Å². The Hall–Kier alpha value is -3.26. The normalized spacial score (nSPS) is 11.1. The molecule has 0 atom stereocenters. The van der Waals surface area contributed by atoms with Crippen LogP contribution in [0, 0.1) is 5.92 Å². The first-order chi connectivity index (χ1) is 14.1. The fraction of sp³-hybridized carbons (Fsp3) is 0.185. The highest BCUT2D eigenvalue weighted by Crippen LogP contribution is 2.32. The van der Waals surface area contributed by atoms with Gasteiger partial charge in [-0.3, -0.25) is 0 Å². The second kappa shape index (κ2) is 8.40. The third kappa shape index (κ3) is 4.43. The molecule has 0 aliphatic heterocycles. The molecule has 0 aromatic heterocycles. The maximum atomic E-state index is 10.5. The number of hydrogen-bond acceptors (Lipinski definition) is 2. The molecule has 2 nitrogen and oxygen atoms in total. The van der Waals surface area contributed by atoms with Crippen LogP contribution in [0.2, 0.25) is 0 Å². The van der Waals surface area contributed by atoms with Crippen molar-refractivity contribution in [1.82, 2.24) is 0 Å². The summed E-state index contributed by atoms with van der Waals surface area (Å²) in [4.78, 5) is 0. The molecular weight excluding hydrogens is 356 g/mol. The molecule has 4 rings (SSSR count). The number of phenols is 1. The Bertz CT molecular complexity index is 1120.